The third-order valence-corrected chi connectivity index (χ3v) is 2.87. The summed E-state index contributed by atoms with van der Waals surface area (Å²) in [6.45, 7) is 2.70. The minimum atomic E-state index is -0.508. The molecule has 0 aliphatic rings. The number of rotatable bonds is 5. The first-order chi connectivity index (χ1) is 9.58. The molecule has 1 N–H and O–H groups in total. The molecule has 1 aromatic heterocycles. The maximum Gasteiger partial charge on any atom is 0.158 e. The Morgan fingerprint density at radius 1 is 1.25 bits per heavy atom. The molecule has 4 nitrogen and oxygen atoms in total. The van der Waals surface area contributed by atoms with Gasteiger partial charge in [-0.25, -0.2) is 14.4 Å². The van der Waals surface area contributed by atoms with Gasteiger partial charge in [0.1, 0.15) is 23.4 Å². The summed E-state index contributed by atoms with van der Waals surface area (Å²) in [6, 6.07) is 5.93. The SMILES string of the molecule is CCOCc1nc(Cl)cc(Nc2ccc(Cl)c(F)c2)n1. The molecule has 106 valence electrons. The standard InChI is InChI=1S/C13H12Cl2FN3O/c1-2-20-7-13-18-11(15)6-12(19-13)17-8-3-4-9(14)10(16)5-8/h3-6H,2,7H2,1H3,(H,17,18,19). The second-order valence-corrected chi connectivity index (χ2v) is 4.68. The molecule has 0 spiro atoms. The Kier molecular flexibility index (Phi) is 5.11. The highest BCUT2D eigenvalue weighted by Gasteiger charge is 2.06. The number of ether oxygens (including phenoxy) is 1. The Bertz CT molecular complexity index is 610. The van der Waals surface area contributed by atoms with Gasteiger partial charge in [0.05, 0.1) is 5.02 Å². The van der Waals surface area contributed by atoms with E-state index in [1.54, 1.807) is 12.1 Å². The van der Waals surface area contributed by atoms with Crippen molar-refractivity contribution in [2.45, 2.75) is 13.5 Å². The number of nitrogens with zero attached hydrogens (tertiary/aromatic N) is 2. The van der Waals surface area contributed by atoms with Crippen LogP contribution >= 0.6 is 23.2 Å². The number of hydrogen-bond donors (Lipinski definition) is 1. The molecule has 0 bridgehead atoms. The van der Waals surface area contributed by atoms with Crippen molar-refractivity contribution in [3.8, 4) is 0 Å². The first-order valence-corrected chi connectivity index (χ1v) is 6.67. The van der Waals surface area contributed by atoms with Crippen LogP contribution < -0.4 is 5.32 Å². The Morgan fingerprint density at radius 2 is 2.05 bits per heavy atom. The van der Waals surface area contributed by atoms with Crippen LogP contribution in [0.25, 0.3) is 0 Å². The van der Waals surface area contributed by atoms with E-state index in [-0.39, 0.29) is 16.8 Å². The average Bonchev–Trinajstić information content (AvgIpc) is 2.40. The fraction of sp³-hybridized carbons (Fsp3) is 0.231. The first-order valence-electron chi connectivity index (χ1n) is 5.91. The summed E-state index contributed by atoms with van der Waals surface area (Å²) in [5.41, 5.74) is 0.518. The van der Waals surface area contributed by atoms with Crippen LogP contribution in [0, 0.1) is 5.82 Å². The largest absolute Gasteiger partial charge is 0.374 e. The van der Waals surface area contributed by atoms with Crippen LogP contribution in [0.15, 0.2) is 24.3 Å². The molecule has 0 aliphatic carbocycles. The summed E-state index contributed by atoms with van der Waals surface area (Å²) in [7, 11) is 0. The number of halogens is 3. The predicted octanol–water partition coefficient (Wildman–Crippen LogP) is 4.20. The molecule has 0 atom stereocenters. The van der Waals surface area contributed by atoms with Crippen LogP contribution in [0.3, 0.4) is 0 Å². The molecule has 7 heteroatoms. The van der Waals surface area contributed by atoms with Crippen molar-refractivity contribution in [3.63, 3.8) is 0 Å². The van der Waals surface area contributed by atoms with Crippen molar-refractivity contribution in [1.29, 1.82) is 0 Å². The Balaban J connectivity index is 2.19. The van der Waals surface area contributed by atoms with Crippen LogP contribution in [0.1, 0.15) is 12.7 Å². The highest BCUT2D eigenvalue weighted by Crippen LogP contribution is 2.22. The number of anilines is 2. The van der Waals surface area contributed by atoms with Crippen LogP contribution in [0.2, 0.25) is 10.2 Å². The molecule has 0 amide bonds. The van der Waals surface area contributed by atoms with Crippen molar-refractivity contribution < 1.29 is 9.13 Å². The van der Waals surface area contributed by atoms with Crippen LogP contribution in [-0.4, -0.2) is 16.6 Å². The molecule has 2 rings (SSSR count). The highest BCUT2D eigenvalue weighted by atomic mass is 35.5. The maximum absolute atomic E-state index is 13.4. The Labute approximate surface area is 125 Å². The van der Waals surface area contributed by atoms with Gasteiger partial charge < -0.3 is 10.1 Å². The lowest BCUT2D eigenvalue weighted by Gasteiger charge is -2.08. The normalized spacial score (nSPS) is 10.6. The van der Waals surface area contributed by atoms with Crippen molar-refractivity contribution in [1.82, 2.24) is 9.97 Å². The molecule has 0 radical (unpaired) electrons. The second kappa shape index (κ2) is 6.83. The third kappa shape index (κ3) is 4.03. The van der Waals surface area contributed by atoms with Gasteiger partial charge in [-0.2, -0.15) is 0 Å². The Morgan fingerprint density at radius 3 is 2.75 bits per heavy atom. The van der Waals surface area contributed by atoms with Gasteiger partial charge in [0, 0.05) is 18.4 Å². The quantitative estimate of drug-likeness (QED) is 0.840. The van der Waals surface area contributed by atoms with E-state index in [1.165, 1.54) is 12.1 Å². The third-order valence-electron chi connectivity index (χ3n) is 2.37. The summed E-state index contributed by atoms with van der Waals surface area (Å²) >= 11 is 11.5. The smallest absolute Gasteiger partial charge is 0.158 e. The molecule has 0 saturated heterocycles. The average molecular weight is 316 g/mol. The lowest BCUT2D eigenvalue weighted by molar-refractivity contribution is 0.128. The second-order valence-electron chi connectivity index (χ2n) is 3.88. The van der Waals surface area contributed by atoms with E-state index in [4.69, 9.17) is 27.9 Å². The zero-order chi connectivity index (χ0) is 14.5. The van der Waals surface area contributed by atoms with Gasteiger partial charge in [0.2, 0.25) is 0 Å². The molecule has 0 unspecified atom stereocenters. The topological polar surface area (TPSA) is 47.0 Å². The van der Waals surface area contributed by atoms with Gasteiger partial charge in [-0.15, -0.1) is 0 Å². The predicted molar refractivity (Wildman–Crippen MR) is 77.1 cm³/mol. The number of hydrogen-bond acceptors (Lipinski definition) is 4. The van der Waals surface area contributed by atoms with Gasteiger partial charge in [-0.3, -0.25) is 0 Å². The molecule has 2 aromatic rings. The van der Waals surface area contributed by atoms with Crippen LogP contribution in [-0.2, 0) is 11.3 Å². The van der Waals surface area contributed by atoms with E-state index in [1.807, 2.05) is 6.92 Å². The first kappa shape index (κ1) is 15.0. The molecule has 1 heterocycles. The van der Waals surface area contributed by atoms with E-state index in [9.17, 15) is 4.39 Å². The van der Waals surface area contributed by atoms with Crippen LogP contribution in [0.4, 0.5) is 15.9 Å². The zero-order valence-electron chi connectivity index (χ0n) is 10.7. The summed E-state index contributed by atoms with van der Waals surface area (Å²) in [5, 5.41) is 3.29. The van der Waals surface area contributed by atoms with Gasteiger partial charge in [0.25, 0.3) is 0 Å². The maximum atomic E-state index is 13.4. The minimum Gasteiger partial charge on any atom is -0.374 e. The summed E-state index contributed by atoms with van der Waals surface area (Å²) < 4.78 is 18.6. The van der Waals surface area contributed by atoms with E-state index >= 15 is 0 Å². The number of aromatic nitrogens is 2. The number of benzene rings is 1. The van der Waals surface area contributed by atoms with Crippen LogP contribution in [0.5, 0.6) is 0 Å². The molecular formula is C13H12Cl2FN3O. The molecular weight excluding hydrogens is 304 g/mol. The fourth-order valence-electron chi connectivity index (χ4n) is 1.51. The van der Waals surface area contributed by atoms with Gasteiger partial charge in [-0.05, 0) is 25.1 Å². The van der Waals surface area contributed by atoms with Crippen molar-refractivity contribution in [2.75, 3.05) is 11.9 Å². The molecule has 0 aliphatic heterocycles. The van der Waals surface area contributed by atoms with Gasteiger partial charge in [-0.1, -0.05) is 23.2 Å². The lowest BCUT2D eigenvalue weighted by Crippen LogP contribution is -2.03. The number of nitrogens with one attached hydrogen (secondary N) is 1. The van der Waals surface area contributed by atoms with Crippen molar-refractivity contribution in [2.24, 2.45) is 0 Å². The van der Waals surface area contributed by atoms with E-state index in [0.29, 0.717) is 23.9 Å². The van der Waals surface area contributed by atoms with Gasteiger partial charge >= 0.3 is 0 Å². The zero-order valence-corrected chi connectivity index (χ0v) is 12.2. The summed E-state index contributed by atoms with van der Waals surface area (Å²) in [5.74, 6) is 0.407. The molecule has 20 heavy (non-hydrogen) atoms. The van der Waals surface area contributed by atoms with Crippen molar-refractivity contribution in [3.05, 3.63) is 46.1 Å². The monoisotopic (exact) mass is 315 g/mol. The fourth-order valence-corrected chi connectivity index (χ4v) is 1.83. The lowest BCUT2D eigenvalue weighted by atomic mass is 10.3. The highest BCUT2D eigenvalue weighted by molar-refractivity contribution is 6.30. The van der Waals surface area contributed by atoms with E-state index in [0.717, 1.165) is 0 Å². The minimum absolute atomic E-state index is 0.0632. The van der Waals surface area contributed by atoms with E-state index < -0.39 is 5.82 Å². The van der Waals surface area contributed by atoms with E-state index in [2.05, 4.69) is 15.3 Å². The van der Waals surface area contributed by atoms with Crippen molar-refractivity contribution >= 4 is 34.7 Å². The Hall–Kier alpha value is -1.43. The summed E-state index contributed by atoms with van der Waals surface area (Å²) in [6.07, 6.45) is 0. The molecule has 1 aromatic carbocycles. The van der Waals surface area contributed by atoms with Gasteiger partial charge in [0.15, 0.2) is 5.82 Å². The molecule has 0 saturated carbocycles. The molecule has 0 fully saturated rings. The summed E-state index contributed by atoms with van der Waals surface area (Å²) in [4.78, 5) is 8.27.